The first-order chi connectivity index (χ1) is 16.8. The van der Waals surface area contributed by atoms with Crippen molar-refractivity contribution in [3.63, 3.8) is 0 Å². The molecule has 0 spiro atoms. The van der Waals surface area contributed by atoms with Crippen LogP contribution in [0.2, 0.25) is 0 Å². The maximum atomic E-state index is 13.8. The van der Waals surface area contributed by atoms with Gasteiger partial charge < -0.3 is 15.0 Å². The second kappa shape index (κ2) is 12.3. The van der Waals surface area contributed by atoms with E-state index < -0.39 is 34.1 Å². The molecule has 198 valence electrons. The normalized spacial score (nSPS) is 12.5. The Kier molecular flexibility index (Phi) is 9.93. The zero-order valence-electron chi connectivity index (χ0n) is 22.4. The SMILES string of the molecule is CCOc1ccccc1N(CC(=O)N(Cc1ccc(C)cc1)C(CC)C(=O)NC(C)(C)C)S(C)(=O)=O. The molecule has 9 heteroatoms. The third kappa shape index (κ3) is 8.26. The zero-order chi connectivity index (χ0) is 27.1. The minimum atomic E-state index is -3.84. The zero-order valence-corrected chi connectivity index (χ0v) is 23.2. The highest BCUT2D eigenvalue weighted by molar-refractivity contribution is 7.92. The number of carbonyl (C=O) groups is 2. The number of rotatable bonds is 11. The van der Waals surface area contributed by atoms with Crippen molar-refractivity contribution >= 4 is 27.5 Å². The van der Waals surface area contributed by atoms with Crippen LogP contribution in [0, 0.1) is 6.92 Å². The molecule has 0 aromatic heterocycles. The van der Waals surface area contributed by atoms with Crippen molar-refractivity contribution in [2.24, 2.45) is 0 Å². The van der Waals surface area contributed by atoms with Gasteiger partial charge in [0.15, 0.2) is 0 Å². The van der Waals surface area contributed by atoms with E-state index in [2.05, 4.69) is 5.32 Å². The minimum Gasteiger partial charge on any atom is -0.492 e. The van der Waals surface area contributed by atoms with E-state index in [4.69, 9.17) is 4.74 Å². The van der Waals surface area contributed by atoms with Crippen LogP contribution in [-0.2, 0) is 26.2 Å². The molecule has 2 aromatic carbocycles. The standard InChI is InChI=1S/C27H39N3O5S/c1-8-22(26(32)28-27(4,5)6)29(18-21-16-14-20(3)15-17-21)25(31)19-30(36(7,33)34)23-12-10-11-13-24(23)35-9-2/h10-17,22H,8-9,18-19H2,1-7H3,(H,28,32). The topological polar surface area (TPSA) is 96.0 Å². The smallest absolute Gasteiger partial charge is 0.244 e. The highest BCUT2D eigenvalue weighted by Gasteiger charge is 2.33. The van der Waals surface area contributed by atoms with Crippen LogP contribution in [0.25, 0.3) is 0 Å². The van der Waals surface area contributed by atoms with Crippen LogP contribution in [0.15, 0.2) is 48.5 Å². The first kappa shape index (κ1) is 29.2. The van der Waals surface area contributed by atoms with Crippen molar-refractivity contribution in [1.29, 1.82) is 0 Å². The number of carbonyl (C=O) groups excluding carboxylic acids is 2. The molecule has 0 heterocycles. The summed E-state index contributed by atoms with van der Waals surface area (Å²) in [7, 11) is -3.84. The molecule has 1 atom stereocenters. The van der Waals surface area contributed by atoms with E-state index in [1.807, 2.05) is 58.9 Å². The number of benzene rings is 2. The van der Waals surface area contributed by atoms with Crippen LogP contribution in [0.5, 0.6) is 5.75 Å². The van der Waals surface area contributed by atoms with Gasteiger partial charge in [0.25, 0.3) is 0 Å². The number of nitrogens with zero attached hydrogens (tertiary/aromatic N) is 2. The van der Waals surface area contributed by atoms with E-state index in [1.54, 1.807) is 31.2 Å². The molecule has 0 saturated heterocycles. The van der Waals surface area contributed by atoms with E-state index >= 15 is 0 Å². The lowest BCUT2D eigenvalue weighted by Gasteiger charge is -2.34. The predicted molar refractivity (Wildman–Crippen MR) is 144 cm³/mol. The third-order valence-electron chi connectivity index (χ3n) is 5.47. The number of para-hydroxylation sites is 2. The highest BCUT2D eigenvalue weighted by atomic mass is 32.2. The average molecular weight is 518 g/mol. The van der Waals surface area contributed by atoms with Crippen molar-refractivity contribution in [1.82, 2.24) is 10.2 Å². The summed E-state index contributed by atoms with van der Waals surface area (Å²) in [5, 5.41) is 2.96. The van der Waals surface area contributed by atoms with Gasteiger partial charge in [-0.05, 0) is 58.7 Å². The quantitative estimate of drug-likeness (QED) is 0.488. The monoisotopic (exact) mass is 517 g/mol. The van der Waals surface area contributed by atoms with Crippen molar-refractivity contribution < 1.29 is 22.7 Å². The van der Waals surface area contributed by atoms with Gasteiger partial charge >= 0.3 is 0 Å². The molecule has 1 unspecified atom stereocenters. The highest BCUT2D eigenvalue weighted by Crippen LogP contribution is 2.30. The van der Waals surface area contributed by atoms with E-state index in [1.165, 1.54) is 4.90 Å². The fourth-order valence-electron chi connectivity index (χ4n) is 3.80. The largest absolute Gasteiger partial charge is 0.492 e. The van der Waals surface area contributed by atoms with E-state index in [9.17, 15) is 18.0 Å². The number of ether oxygens (including phenoxy) is 1. The third-order valence-corrected chi connectivity index (χ3v) is 6.60. The van der Waals surface area contributed by atoms with Crippen LogP contribution in [-0.4, -0.2) is 56.1 Å². The molecule has 0 aliphatic heterocycles. The summed E-state index contributed by atoms with van der Waals surface area (Å²) >= 11 is 0. The second-order valence-electron chi connectivity index (χ2n) is 9.84. The number of amides is 2. The van der Waals surface area contributed by atoms with Crippen molar-refractivity contribution in [2.75, 3.05) is 23.7 Å². The molecule has 0 fully saturated rings. The molecule has 8 nitrogen and oxygen atoms in total. The second-order valence-corrected chi connectivity index (χ2v) is 11.7. The van der Waals surface area contributed by atoms with Gasteiger partial charge in [-0.3, -0.25) is 13.9 Å². The Hall–Kier alpha value is -3.07. The van der Waals surface area contributed by atoms with E-state index in [-0.39, 0.29) is 18.1 Å². The van der Waals surface area contributed by atoms with Gasteiger partial charge in [0.05, 0.1) is 18.6 Å². The van der Waals surface area contributed by atoms with E-state index in [0.717, 1.165) is 21.7 Å². The fraction of sp³-hybridized carbons (Fsp3) is 0.481. The molecular weight excluding hydrogens is 478 g/mol. The molecule has 0 saturated carbocycles. The molecule has 0 bridgehead atoms. The van der Waals surface area contributed by atoms with Gasteiger partial charge in [0, 0.05) is 12.1 Å². The van der Waals surface area contributed by atoms with Crippen LogP contribution < -0.4 is 14.4 Å². The first-order valence-electron chi connectivity index (χ1n) is 12.1. The molecule has 1 N–H and O–H groups in total. The van der Waals surface area contributed by atoms with Crippen LogP contribution in [0.4, 0.5) is 5.69 Å². The number of anilines is 1. The molecule has 2 rings (SSSR count). The van der Waals surface area contributed by atoms with Gasteiger partial charge in [-0.2, -0.15) is 0 Å². The Bertz CT molecular complexity index is 1140. The number of aryl methyl sites for hydroxylation is 1. The van der Waals surface area contributed by atoms with Gasteiger partial charge in [0.1, 0.15) is 18.3 Å². The average Bonchev–Trinajstić information content (AvgIpc) is 2.77. The molecular formula is C27H39N3O5S. The summed E-state index contributed by atoms with van der Waals surface area (Å²) in [4.78, 5) is 28.5. The summed E-state index contributed by atoms with van der Waals surface area (Å²) in [6.07, 6.45) is 1.42. The number of sulfonamides is 1. The number of hydrogen-bond donors (Lipinski definition) is 1. The van der Waals surface area contributed by atoms with Gasteiger partial charge in [-0.25, -0.2) is 8.42 Å². The fourth-order valence-corrected chi connectivity index (χ4v) is 4.65. The predicted octanol–water partition coefficient (Wildman–Crippen LogP) is 3.88. The summed E-state index contributed by atoms with van der Waals surface area (Å²) in [6.45, 7) is 11.3. The number of hydrogen-bond acceptors (Lipinski definition) is 5. The lowest BCUT2D eigenvalue weighted by molar-refractivity contribution is -0.141. The van der Waals surface area contributed by atoms with Gasteiger partial charge in [-0.15, -0.1) is 0 Å². The van der Waals surface area contributed by atoms with Crippen LogP contribution >= 0.6 is 0 Å². The Morgan fingerprint density at radius 3 is 2.17 bits per heavy atom. The van der Waals surface area contributed by atoms with Gasteiger partial charge in [0.2, 0.25) is 21.8 Å². The summed E-state index contributed by atoms with van der Waals surface area (Å²) < 4.78 is 32.3. The Morgan fingerprint density at radius 1 is 1.03 bits per heavy atom. The Morgan fingerprint density at radius 2 is 1.64 bits per heavy atom. The maximum absolute atomic E-state index is 13.8. The lowest BCUT2D eigenvalue weighted by Crippen LogP contribution is -2.55. The summed E-state index contributed by atoms with van der Waals surface area (Å²) in [5.41, 5.74) is 1.71. The van der Waals surface area contributed by atoms with Crippen molar-refractivity contribution in [2.45, 2.75) is 66.1 Å². The molecule has 0 radical (unpaired) electrons. The summed E-state index contributed by atoms with van der Waals surface area (Å²) in [5.74, 6) is -0.407. The minimum absolute atomic E-state index is 0.167. The van der Waals surface area contributed by atoms with E-state index in [0.29, 0.717) is 18.8 Å². The number of nitrogens with one attached hydrogen (secondary N) is 1. The molecule has 0 aliphatic carbocycles. The summed E-state index contributed by atoms with van der Waals surface area (Å²) in [6, 6.07) is 13.6. The van der Waals surface area contributed by atoms with Crippen molar-refractivity contribution in [3.05, 3.63) is 59.7 Å². The van der Waals surface area contributed by atoms with Gasteiger partial charge in [-0.1, -0.05) is 48.9 Å². The first-order valence-corrected chi connectivity index (χ1v) is 14.0. The molecule has 2 amide bonds. The molecule has 2 aromatic rings. The maximum Gasteiger partial charge on any atom is 0.244 e. The lowest BCUT2D eigenvalue weighted by atomic mass is 10.1. The van der Waals surface area contributed by atoms with Crippen LogP contribution in [0.1, 0.15) is 52.2 Å². The Balaban J connectivity index is 2.49. The molecule has 36 heavy (non-hydrogen) atoms. The van der Waals surface area contributed by atoms with Crippen molar-refractivity contribution in [3.8, 4) is 5.75 Å². The van der Waals surface area contributed by atoms with Crippen LogP contribution in [0.3, 0.4) is 0 Å². The molecule has 0 aliphatic rings. The Labute approximate surface area is 215 Å².